The van der Waals surface area contributed by atoms with Gasteiger partial charge in [0.2, 0.25) is 5.91 Å². The highest BCUT2D eigenvalue weighted by Crippen LogP contribution is 2.46. The van der Waals surface area contributed by atoms with E-state index in [-0.39, 0.29) is 11.3 Å². The molecule has 29 heavy (non-hydrogen) atoms. The van der Waals surface area contributed by atoms with Gasteiger partial charge in [0, 0.05) is 35.0 Å². The summed E-state index contributed by atoms with van der Waals surface area (Å²) >= 11 is 1.59. The Balaban J connectivity index is 1.83. The van der Waals surface area contributed by atoms with E-state index in [0.717, 1.165) is 59.5 Å². The number of rotatable bonds is 5. The molecule has 4 N–H and O–H groups in total. The number of nitrogens with two attached hydrogens (primary N) is 1. The van der Waals surface area contributed by atoms with Crippen molar-refractivity contribution >= 4 is 28.9 Å². The number of hydrazine groups is 1. The van der Waals surface area contributed by atoms with Crippen LogP contribution in [0.4, 0.5) is 5.69 Å². The number of thiophene rings is 1. The summed E-state index contributed by atoms with van der Waals surface area (Å²) < 4.78 is 0. The molecule has 1 aliphatic carbocycles. The van der Waals surface area contributed by atoms with Crippen molar-refractivity contribution in [3.63, 3.8) is 0 Å². The minimum absolute atomic E-state index is 0.108. The average molecular weight is 414 g/mol. The second-order valence-corrected chi connectivity index (χ2v) is 9.83. The van der Waals surface area contributed by atoms with Gasteiger partial charge < -0.3 is 10.0 Å². The molecule has 7 heteroatoms. The summed E-state index contributed by atoms with van der Waals surface area (Å²) in [5.74, 6) is 4.88. The Morgan fingerprint density at radius 2 is 2.14 bits per heavy atom. The number of fused-ring (bicyclic) bond motifs is 1. The largest absolute Gasteiger partial charge is 0.478 e. The van der Waals surface area contributed by atoms with Gasteiger partial charge in [-0.2, -0.15) is 0 Å². The Kier molecular flexibility index (Phi) is 5.23. The molecule has 1 amide bonds. The van der Waals surface area contributed by atoms with E-state index in [2.05, 4.69) is 19.3 Å². The first-order valence-electron chi connectivity index (χ1n) is 10.1. The molecule has 6 nitrogen and oxygen atoms in total. The number of carboxylic acids is 1. The number of hydrogen-bond acceptors (Lipinski definition) is 5. The molecule has 1 saturated heterocycles. The maximum absolute atomic E-state index is 12.2. The highest BCUT2D eigenvalue weighted by Gasteiger charge is 2.33. The monoisotopic (exact) mass is 413 g/mol. The van der Waals surface area contributed by atoms with Crippen LogP contribution in [0.3, 0.4) is 0 Å². The Hall–Kier alpha value is -2.22. The molecule has 2 aliphatic rings. The standard InChI is InChI=1S/C22H27N3O3S/c1-22(2)8-7-17-16(11-22)19(21(27)28)20(29-17)15-6-5-14(10-13(15)12-24-23)25-9-3-4-18(25)26/h5-6,10,24H,3-4,7-9,11-12,23H2,1-2H3,(H,27,28). The minimum Gasteiger partial charge on any atom is -0.478 e. The quantitative estimate of drug-likeness (QED) is 0.513. The second kappa shape index (κ2) is 7.55. The average Bonchev–Trinajstić information content (AvgIpc) is 3.24. The van der Waals surface area contributed by atoms with E-state index in [9.17, 15) is 14.7 Å². The Morgan fingerprint density at radius 3 is 2.79 bits per heavy atom. The maximum atomic E-state index is 12.2. The van der Waals surface area contributed by atoms with Crippen molar-refractivity contribution in [2.24, 2.45) is 11.3 Å². The van der Waals surface area contributed by atoms with Crippen LogP contribution in [0.15, 0.2) is 18.2 Å². The number of carbonyl (C=O) groups is 2. The fourth-order valence-corrected chi connectivity index (χ4v) is 5.85. The van der Waals surface area contributed by atoms with E-state index < -0.39 is 5.97 Å². The van der Waals surface area contributed by atoms with Gasteiger partial charge in [0.25, 0.3) is 0 Å². The lowest BCUT2D eigenvalue weighted by Gasteiger charge is -2.29. The summed E-state index contributed by atoms with van der Waals surface area (Å²) in [5.41, 5.74) is 6.86. The van der Waals surface area contributed by atoms with Crippen molar-refractivity contribution in [1.82, 2.24) is 5.43 Å². The van der Waals surface area contributed by atoms with Crippen LogP contribution in [0.2, 0.25) is 0 Å². The van der Waals surface area contributed by atoms with Crippen LogP contribution >= 0.6 is 11.3 Å². The van der Waals surface area contributed by atoms with Gasteiger partial charge in [0.05, 0.1) is 5.56 Å². The molecular weight excluding hydrogens is 386 g/mol. The van der Waals surface area contributed by atoms with Gasteiger partial charge in [-0.3, -0.25) is 16.1 Å². The number of benzene rings is 1. The first-order chi connectivity index (χ1) is 13.8. The maximum Gasteiger partial charge on any atom is 0.337 e. The number of aromatic carboxylic acids is 1. The summed E-state index contributed by atoms with van der Waals surface area (Å²) in [6.45, 7) is 5.52. The first-order valence-corrected chi connectivity index (χ1v) is 10.9. The molecule has 1 aromatic carbocycles. The number of anilines is 1. The molecule has 4 rings (SSSR count). The SMILES string of the molecule is CC1(C)CCc2sc(-c3ccc(N4CCCC4=O)cc3CNN)c(C(=O)O)c2C1. The second-order valence-electron chi connectivity index (χ2n) is 8.73. The zero-order valence-electron chi connectivity index (χ0n) is 16.9. The lowest BCUT2D eigenvalue weighted by atomic mass is 9.76. The Bertz CT molecular complexity index is 980. The lowest BCUT2D eigenvalue weighted by molar-refractivity contribution is -0.117. The lowest BCUT2D eigenvalue weighted by Crippen LogP contribution is -2.25. The third kappa shape index (κ3) is 3.70. The number of carboxylic acid groups (broad SMARTS) is 1. The normalized spacial score (nSPS) is 18.2. The predicted molar refractivity (Wildman–Crippen MR) is 115 cm³/mol. The topological polar surface area (TPSA) is 95.7 Å². The molecule has 154 valence electrons. The molecule has 2 heterocycles. The molecule has 0 radical (unpaired) electrons. The van der Waals surface area contributed by atoms with Crippen molar-refractivity contribution in [3.8, 4) is 10.4 Å². The van der Waals surface area contributed by atoms with Gasteiger partial charge in [0.1, 0.15) is 0 Å². The number of carbonyl (C=O) groups excluding carboxylic acids is 1. The molecule has 2 aromatic rings. The number of nitrogens with zero attached hydrogens (tertiary/aromatic N) is 1. The van der Waals surface area contributed by atoms with Gasteiger partial charge >= 0.3 is 5.97 Å². The number of amides is 1. The van der Waals surface area contributed by atoms with Crippen molar-refractivity contribution in [2.45, 2.75) is 52.5 Å². The van der Waals surface area contributed by atoms with Crippen LogP contribution in [0.25, 0.3) is 10.4 Å². The van der Waals surface area contributed by atoms with Crippen LogP contribution in [-0.4, -0.2) is 23.5 Å². The van der Waals surface area contributed by atoms with Gasteiger partial charge in [-0.1, -0.05) is 19.9 Å². The summed E-state index contributed by atoms with van der Waals surface area (Å²) in [7, 11) is 0. The van der Waals surface area contributed by atoms with Gasteiger partial charge in [0.15, 0.2) is 0 Å². The van der Waals surface area contributed by atoms with E-state index in [0.29, 0.717) is 18.5 Å². The van der Waals surface area contributed by atoms with Gasteiger partial charge in [-0.25, -0.2) is 4.79 Å². The summed E-state index contributed by atoms with van der Waals surface area (Å²) in [6, 6.07) is 5.84. The summed E-state index contributed by atoms with van der Waals surface area (Å²) in [6.07, 6.45) is 4.19. The summed E-state index contributed by atoms with van der Waals surface area (Å²) in [4.78, 5) is 28.2. The molecule has 0 unspecified atom stereocenters. The molecular formula is C22H27N3O3S. The highest BCUT2D eigenvalue weighted by atomic mass is 32.1. The fraction of sp³-hybridized carbons (Fsp3) is 0.455. The Labute approximate surface area is 174 Å². The van der Waals surface area contributed by atoms with Crippen LogP contribution in [0.5, 0.6) is 0 Å². The van der Waals surface area contributed by atoms with E-state index >= 15 is 0 Å². The Morgan fingerprint density at radius 1 is 1.34 bits per heavy atom. The zero-order valence-corrected chi connectivity index (χ0v) is 17.7. The molecule has 0 spiro atoms. The summed E-state index contributed by atoms with van der Waals surface area (Å²) in [5, 5.41) is 10.0. The number of hydrogen-bond donors (Lipinski definition) is 3. The predicted octanol–water partition coefficient (Wildman–Crippen LogP) is 3.72. The molecule has 0 atom stereocenters. The first kappa shape index (κ1) is 20.1. The number of aryl methyl sites for hydroxylation is 1. The highest BCUT2D eigenvalue weighted by molar-refractivity contribution is 7.16. The van der Waals surface area contributed by atoms with Crippen LogP contribution in [0, 0.1) is 5.41 Å². The van der Waals surface area contributed by atoms with E-state index in [1.165, 1.54) is 4.88 Å². The molecule has 0 bridgehead atoms. The smallest absolute Gasteiger partial charge is 0.337 e. The molecule has 0 saturated carbocycles. The molecule has 1 fully saturated rings. The van der Waals surface area contributed by atoms with Crippen molar-refractivity contribution in [2.75, 3.05) is 11.4 Å². The van der Waals surface area contributed by atoms with E-state index in [4.69, 9.17) is 5.84 Å². The molecule has 1 aromatic heterocycles. The van der Waals surface area contributed by atoms with Crippen LogP contribution < -0.4 is 16.2 Å². The zero-order chi connectivity index (χ0) is 20.8. The fourth-order valence-electron chi connectivity index (χ4n) is 4.48. The van der Waals surface area contributed by atoms with Crippen molar-refractivity contribution in [1.29, 1.82) is 0 Å². The third-order valence-corrected chi connectivity index (χ3v) is 7.32. The van der Waals surface area contributed by atoms with Gasteiger partial charge in [-0.15, -0.1) is 11.3 Å². The number of nitrogens with one attached hydrogen (secondary N) is 1. The van der Waals surface area contributed by atoms with E-state index in [1.54, 1.807) is 16.2 Å². The van der Waals surface area contributed by atoms with Crippen LogP contribution in [-0.2, 0) is 24.2 Å². The third-order valence-electron chi connectivity index (χ3n) is 6.00. The van der Waals surface area contributed by atoms with Crippen LogP contribution in [0.1, 0.15) is 59.5 Å². The van der Waals surface area contributed by atoms with Gasteiger partial charge in [-0.05, 0) is 59.9 Å². The molecule has 1 aliphatic heterocycles. The van der Waals surface area contributed by atoms with E-state index in [1.807, 2.05) is 18.2 Å². The minimum atomic E-state index is -0.874. The van der Waals surface area contributed by atoms with Crippen molar-refractivity contribution < 1.29 is 14.7 Å². The van der Waals surface area contributed by atoms with Crippen molar-refractivity contribution in [3.05, 3.63) is 39.8 Å².